The Bertz CT molecular complexity index is 1180. The maximum absolute atomic E-state index is 11.0. The third kappa shape index (κ3) is 7.07. The fourth-order valence-corrected chi connectivity index (χ4v) is 7.26. The van der Waals surface area contributed by atoms with Gasteiger partial charge in [-0.2, -0.15) is 0 Å². The number of ether oxygens (including phenoxy) is 5. The second kappa shape index (κ2) is 14.1. The predicted molar refractivity (Wildman–Crippen MR) is 164 cm³/mol. The highest BCUT2D eigenvalue weighted by atomic mass is 16.7. The highest BCUT2D eigenvalue weighted by molar-refractivity contribution is 5.54. The molecule has 2 fully saturated rings. The van der Waals surface area contributed by atoms with E-state index in [9.17, 15) is 30.6 Å². The van der Waals surface area contributed by atoms with E-state index in [4.69, 9.17) is 23.7 Å². The van der Waals surface area contributed by atoms with Gasteiger partial charge < -0.3 is 54.3 Å². The smallest absolute Gasteiger partial charge is 0.229 e. The van der Waals surface area contributed by atoms with Crippen molar-refractivity contribution < 1.29 is 54.3 Å². The van der Waals surface area contributed by atoms with Crippen LogP contribution in [0.4, 0.5) is 0 Å². The van der Waals surface area contributed by atoms with E-state index in [1.807, 2.05) is 6.07 Å². The van der Waals surface area contributed by atoms with E-state index >= 15 is 0 Å². The van der Waals surface area contributed by atoms with Gasteiger partial charge in [-0.3, -0.25) is 0 Å². The second-order valence-electron chi connectivity index (χ2n) is 13.9. The van der Waals surface area contributed by atoms with Gasteiger partial charge in [0.15, 0.2) is 6.29 Å². The summed E-state index contributed by atoms with van der Waals surface area (Å²) in [6.07, 6.45) is -3.74. The zero-order chi connectivity index (χ0) is 32.6. The number of rotatable bonds is 10. The molecule has 4 aliphatic rings. The molecule has 12 atom stereocenters. The number of hydrogen-bond donors (Lipinski definition) is 6. The minimum atomic E-state index is -1.62. The Morgan fingerprint density at radius 2 is 1.62 bits per heavy atom. The standard InChI is InChI=1S/C34H52O11/c1-6-7-8-9-19-13-22(26-20-12-17(2)10-11-21(20)34(4,5)45-23(26)14-19)42-33-31(40)29(38)28(37)25(44-33)16-41-32-30(39)27(36)18(3)24(15-35)43-32/h12-14,18,20-21,24-25,27-33,35-40H,6-11,15-16H2,1-5H3/t18-,20-,21-,24-,25-,27+,28-,29+,30-,31-,32-,33-/m1/s1. The van der Waals surface area contributed by atoms with Crippen LogP contribution in [0, 0.1) is 11.8 Å². The molecule has 2 saturated heterocycles. The fourth-order valence-electron chi connectivity index (χ4n) is 7.26. The van der Waals surface area contributed by atoms with Gasteiger partial charge in [-0.15, -0.1) is 0 Å². The lowest BCUT2D eigenvalue weighted by Crippen LogP contribution is -2.61. The topological polar surface area (TPSA) is 168 Å². The lowest BCUT2D eigenvalue weighted by molar-refractivity contribution is -0.316. The Morgan fingerprint density at radius 1 is 0.911 bits per heavy atom. The third-order valence-corrected chi connectivity index (χ3v) is 10.2. The molecule has 11 nitrogen and oxygen atoms in total. The number of aliphatic hydroxyl groups is 6. The molecule has 5 rings (SSSR count). The lowest BCUT2D eigenvalue weighted by atomic mass is 9.68. The summed E-state index contributed by atoms with van der Waals surface area (Å²) in [5.41, 5.74) is 2.80. The van der Waals surface area contributed by atoms with Crippen LogP contribution in [0.2, 0.25) is 0 Å². The van der Waals surface area contributed by atoms with E-state index in [1.165, 1.54) is 5.57 Å². The molecule has 1 aromatic rings. The van der Waals surface area contributed by atoms with E-state index in [0.29, 0.717) is 5.75 Å². The van der Waals surface area contributed by atoms with Crippen molar-refractivity contribution in [3.8, 4) is 11.5 Å². The Hall–Kier alpha value is -1.80. The Balaban J connectivity index is 1.41. The maximum atomic E-state index is 11.0. The largest absolute Gasteiger partial charge is 0.487 e. The van der Waals surface area contributed by atoms with Gasteiger partial charge >= 0.3 is 0 Å². The second-order valence-corrected chi connectivity index (χ2v) is 13.9. The van der Waals surface area contributed by atoms with Crippen molar-refractivity contribution in [3.63, 3.8) is 0 Å². The van der Waals surface area contributed by atoms with E-state index in [1.54, 1.807) is 6.92 Å². The lowest BCUT2D eigenvalue weighted by Gasteiger charge is -2.47. The molecule has 0 spiro atoms. The summed E-state index contributed by atoms with van der Waals surface area (Å²) >= 11 is 0. The van der Waals surface area contributed by atoms with Crippen molar-refractivity contribution in [2.45, 2.75) is 140 Å². The number of benzene rings is 1. The first-order chi connectivity index (χ1) is 21.4. The molecule has 11 heteroatoms. The molecule has 0 aromatic heterocycles. The fraction of sp³-hybridized carbons (Fsp3) is 0.765. The monoisotopic (exact) mass is 636 g/mol. The average Bonchev–Trinajstić information content (AvgIpc) is 2.99. The van der Waals surface area contributed by atoms with Crippen LogP contribution >= 0.6 is 0 Å². The van der Waals surface area contributed by atoms with Gasteiger partial charge in [-0.25, -0.2) is 0 Å². The van der Waals surface area contributed by atoms with Crippen LogP contribution < -0.4 is 9.47 Å². The molecular formula is C34H52O11. The molecular weight excluding hydrogens is 584 g/mol. The molecule has 254 valence electrons. The first-order valence-electron chi connectivity index (χ1n) is 16.5. The number of fused-ring (bicyclic) bond motifs is 3. The molecule has 0 amide bonds. The number of hydrogen-bond acceptors (Lipinski definition) is 11. The maximum Gasteiger partial charge on any atom is 0.229 e. The van der Waals surface area contributed by atoms with E-state index in [2.05, 4.69) is 39.8 Å². The summed E-state index contributed by atoms with van der Waals surface area (Å²) in [7, 11) is 0. The van der Waals surface area contributed by atoms with E-state index in [-0.39, 0.29) is 25.0 Å². The molecule has 0 bridgehead atoms. The van der Waals surface area contributed by atoms with Gasteiger partial charge in [-0.05, 0) is 64.2 Å². The summed E-state index contributed by atoms with van der Waals surface area (Å²) < 4.78 is 30.4. The quantitative estimate of drug-likeness (QED) is 0.165. The van der Waals surface area contributed by atoms with Crippen molar-refractivity contribution >= 4 is 0 Å². The summed E-state index contributed by atoms with van der Waals surface area (Å²) in [6, 6.07) is 4.05. The van der Waals surface area contributed by atoms with Crippen molar-refractivity contribution in [1.82, 2.24) is 0 Å². The van der Waals surface area contributed by atoms with Gasteiger partial charge in [-0.1, -0.05) is 38.3 Å². The van der Waals surface area contributed by atoms with Crippen LogP contribution in [0.25, 0.3) is 0 Å². The normalized spacial score (nSPS) is 39.3. The highest BCUT2D eigenvalue weighted by Crippen LogP contribution is 2.54. The molecule has 0 unspecified atom stereocenters. The van der Waals surface area contributed by atoms with Crippen LogP contribution in [-0.4, -0.2) is 105 Å². The zero-order valence-electron chi connectivity index (χ0n) is 27.0. The van der Waals surface area contributed by atoms with Gasteiger partial charge in [0.2, 0.25) is 6.29 Å². The Kier molecular flexibility index (Phi) is 10.8. The molecule has 1 aromatic carbocycles. The summed E-state index contributed by atoms with van der Waals surface area (Å²) in [5.74, 6) is 0.923. The Labute approximate surface area is 265 Å². The van der Waals surface area contributed by atoms with Crippen LogP contribution in [0.15, 0.2) is 23.8 Å². The van der Waals surface area contributed by atoms with Gasteiger partial charge in [0.05, 0.1) is 25.4 Å². The van der Waals surface area contributed by atoms with Gasteiger partial charge in [0.25, 0.3) is 0 Å². The SMILES string of the molecule is CCCCCc1cc(O[C@@H]2O[C@H](CO[C@@H]3O[C@H](CO)[C@@H](C)[C@H](O)[C@H]3O)[C@@H](O)[C@H](O)[C@H]2O)c2c(c1)OC(C)(C)[C@@H]1CCC(C)=C[C@@H]21. The predicted octanol–water partition coefficient (Wildman–Crippen LogP) is 2.31. The average molecular weight is 637 g/mol. The number of unbranched alkanes of at least 4 members (excludes halogenated alkanes) is 2. The minimum Gasteiger partial charge on any atom is -0.487 e. The number of aliphatic hydroxyl groups excluding tert-OH is 6. The molecule has 45 heavy (non-hydrogen) atoms. The van der Waals surface area contributed by atoms with Crippen molar-refractivity contribution in [2.75, 3.05) is 13.2 Å². The third-order valence-electron chi connectivity index (χ3n) is 10.2. The van der Waals surface area contributed by atoms with Crippen molar-refractivity contribution in [1.29, 1.82) is 0 Å². The minimum absolute atomic E-state index is 0.0193. The molecule has 1 aliphatic carbocycles. The van der Waals surface area contributed by atoms with Crippen LogP contribution in [0.5, 0.6) is 11.5 Å². The molecule has 3 heterocycles. The van der Waals surface area contributed by atoms with Crippen molar-refractivity contribution in [2.24, 2.45) is 11.8 Å². The highest BCUT2D eigenvalue weighted by Gasteiger charge is 2.49. The molecule has 6 N–H and O–H groups in total. The van der Waals surface area contributed by atoms with Crippen LogP contribution in [0.1, 0.15) is 83.8 Å². The van der Waals surface area contributed by atoms with E-state index < -0.39 is 66.8 Å². The molecule has 0 saturated carbocycles. The van der Waals surface area contributed by atoms with Crippen molar-refractivity contribution in [3.05, 3.63) is 34.9 Å². The summed E-state index contributed by atoms with van der Waals surface area (Å²) in [5, 5.41) is 63.2. The van der Waals surface area contributed by atoms with Crippen LogP contribution in [0.3, 0.4) is 0 Å². The Morgan fingerprint density at radius 3 is 2.33 bits per heavy atom. The van der Waals surface area contributed by atoms with Gasteiger partial charge in [0, 0.05) is 23.3 Å². The van der Waals surface area contributed by atoms with Gasteiger partial charge in [0.1, 0.15) is 47.6 Å². The first kappa shape index (κ1) is 34.5. The number of aryl methyl sites for hydroxylation is 1. The first-order valence-corrected chi connectivity index (χ1v) is 16.5. The van der Waals surface area contributed by atoms with E-state index in [0.717, 1.165) is 55.4 Å². The molecule has 0 radical (unpaired) electrons. The summed E-state index contributed by atoms with van der Waals surface area (Å²) in [6.45, 7) is 9.44. The number of allylic oxidation sites excluding steroid dienone is 2. The molecule has 3 aliphatic heterocycles. The van der Waals surface area contributed by atoms with Crippen LogP contribution in [-0.2, 0) is 20.6 Å². The zero-order valence-corrected chi connectivity index (χ0v) is 27.0. The summed E-state index contributed by atoms with van der Waals surface area (Å²) in [4.78, 5) is 0.